The molecule has 0 radical (unpaired) electrons. The normalized spacial score (nSPS) is 13.9. The zero-order valence-electron chi connectivity index (χ0n) is 9.77. The van der Waals surface area contributed by atoms with Crippen LogP contribution in [0.1, 0.15) is 43.5 Å². The first-order valence-corrected chi connectivity index (χ1v) is 6.28. The molecule has 0 aromatic carbocycles. The van der Waals surface area contributed by atoms with Crippen LogP contribution in [0.3, 0.4) is 0 Å². The van der Waals surface area contributed by atoms with Gasteiger partial charge in [0.05, 0.1) is 6.20 Å². The van der Waals surface area contributed by atoms with Gasteiger partial charge in [0.15, 0.2) is 5.82 Å². The Hall–Kier alpha value is -0.980. The van der Waals surface area contributed by atoms with E-state index in [0.717, 1.165) is 0 Å². The third-order valence-corrected chi connectivity index (χ3v) is 3.32. The first kappa shape index (κ1) is 12.5. The highest BCUT2D eigenvalue weighted by molar-refractivity contribution is 7.15. The molecule has 0 amide bonds. The van der Waals surface area contributed by atoms with Crippen LogP contribution in [0.2, 0.25) is 4.34 Å². The SMILES string of the molecule is CC(C)(C)c1nc(C(N)c2ncc(Cl)s2)no1. The summed E-state index contributed by atoms with van der Waals surface area (Å²) >= 11 is 7.12. The predicted molar refractivity (Wildman–Crippen MR) is 66.2 cm³/mol. The van der Waals surface area contributed by atoms with Crippen LogP contribution in [-0.2, 0) is 5.41 Å². The van der Waals surface area contributed by atoms with Gasteiger partial charge in [-0.1, -0.05) is 37.5 Å². The van der Waals surface area contributed by atoms with Crippen LogP contribution in [0.15, 0.2) is 10.7 Å². The minimum Gasteiger partial charge on any atom is -0.339 e. The van der Waals surface area contributed by atoms with Crippen LogP contribution in [0.25, 0.3) is 0 Å². The average Bonchev–Trinajstić information content (AvgIpc) is 2.83. The molecule has 0 aliphatic heterocycles. The van der Waals surface area contributed by atoms with Crippen LogP contribution in [0.5, 0.6) is 0 Å². The number of aromatic nitrogens is 3. The Morgan fingerprint density at radius 3 is 2.65 bits per heavy atom. The molecular formula is C10H13ClN4OS. The summed E-state index contributed by atoms with van der Waals surface area (Å²) in [6.07, 6.45) is 1.56. The van der Waals surface area contributed by atoms with Crippen molar-refractivity contribution in [3.05, 3.63) is 27.3 Å². The molecule has 1 unspecified atom stereocenters. The van der Waals surface area contributed by atoms with Gasteiger partial charge in [-0.15, -0.1) is 11.3 Å². The third-order valence-electron chi connectivity index (χ3n) is 2.12. The number of rotatable bonds is 2. The Labute approximate surface area is 108 Å². The zero-order chi connectivity index (χ0) is 12.6. The average molecular weight is 273 g/mol. The fourth-order valence-electron chi connectivity index (χ4n) is 1.19. The lowest BCUT2D eigenvalue weighted by molar-refractivity contribution is 0.317. The fraction of sp³-hybridized carbons (Fsp3) is 0.500. The minimum atomic E-state index is -0.493. The fourth-order valence-corrected chi connectivity index (χ4v) is 2.12. The summed E-state index contributed by atoms with van der Waals surface area (Å²) < 4.78 is 5.77. The Kier molecular flexibility index (Phi) is 3.20. The van der Waals surface area contributed by atoms with Crippen molar-refractivity contribution in [1.82, 2.24) is 15.1 Å². The summed E-state index contributed by atoms with van der Waals surface area (Å²) in [6, 6.07) is -0.493. The molecule has 1 atom stereocenters. The number of hydrogen-bond donors (Lipinski definition) is 1. The molecular weight excluding hydrogens is 260 g/mol. The van der Waals surface area contributed by atoms with Crippen LogP contribution >= 0.6 is 22.9 Å². The predicted octanol–water partition coefficient (Wildman–Crippen LogP) is 2.53. The lowest BCUT2D eigenvalue weighted by Crippen LogP contribution is -2.15. The van der Waals surface area contributed by atoms with Crippen LogP contribution < -0.4 is 5.73 Å². The van der Waals surface area contributed by atoms with Gasteiger partial charge in [-0.3, -0.25) is 0 Å². The highest BCUT2D eigenvalue weighted by Gasteiger charge is 2.25. The summed E-state index contributed by atoms with van der Waals surface area (Å²) in [5.74, 6) is 0.992. The van der Waals surface area contributed by atoms with Crippen molar-refractivity contribution in [2.24, 2.45) is 5.73 Å². The molecule has 2 N–H and O–H groups in total. The number of nitrogens with zero attached hydrogens (tertiary/aromatic N) is 3. The number of nitrogens with two attached hydrogens (primary N) is 1. The molecule has 17 heavy (non-hydrogen) atoms. The summed E-state index contributed by atoms with van der Waals surface area (Å²) in [4.78, 5) is 8.39. The molecule has 2 aromatic heterocycles. The zero-order valence-corrected chi connectivity index (χ0v) is 11.3. The second-order valence-corrected chi connectivity index (χ2v) is 6.38. The van der Waals surface area contributed by atoms with E-state index >= 15 is 0 Å². The largest absolute Gasteiger partial charge is 0.339 e. The van der Waals surface area contributed by atoms with Crippen LogP contribution in [0, 0.1) is 0 Å². The van der Waals surface area contributed by atoms with Crippen molar-refractivity contribution in [2.45, 2.75) is 32.2 Å². The Morgan fingerprint density at radius 1 is 1.47 bits per heavy atom. The van der Waals surface area contributed by atoms with E-state index in [2.05, 4.69) is 15.1 Å². The van der Waals surface area contributed by atoms with Gasteiger partial charge in [0.25, 0.3) is 0 Å². The molecule has 0 saturated heterocycles. The van der Waals surface area contributed by atoms with E-state index in [1.54, 1.807) is 6.20 Å². The molecule has 2 rings (SSSR count). The second-order valence-electron chi connectivity index (χ2n) is 4.69. The first-order chi connectivity index (χ1) is 7.88. The van der Waals surface area contributed by atoms with Gasteiger partial charge < -0.3 is 10.3 Å². The Bertz CT molecular complexity index is 516. The van der Waals surface area contributed by atoms with E-state index in [0.29, 0.717) is 21.1 Å². The number of hydrogen-bond acceptors (Lipinski definition) is 6. The molecule has 0 aliphatic rings. The molecule has 92 valence electrons. The van der Waals surface area contributed by atoms with E-state index in [-0.39, 0.29) is 5.41 Å². The van der Waals surface area contributed by atoms with Gasteiger partial charge in [-0.05, 0) is 0 Å². The maximum absolute atomic E-state index is 5.99. The Balaban J connectivity index is 2.26. The van der Waals surface area contributed by atoms with Gasteiger partial charge in [0, 0.05) is 5.41 Å². The van der Waals surface area contributed by atoms with E-state index in [9.17, 15) is 0 Å². The molecule has 7 heteroatoms. The van der Waals surface area contributed by atoms with Crippen LogP contribution in [-0.4, -0.2) is 15.1 Å². The van der Waals surface area contributed by atoms with Gasteiger partial charge >= 0.3 is 0 Å². The highest BCUT2D eigenvalue weighted by atomic mass is 35.5. The van der Waals surface area contributed by atoms with Gasteiger partial charge in [0.2, 0.25) is 5.89 Å². The summed E-state index contributed by atoms with van der Waals surface area (Å²) in [6.45, 7) is 5.99. The van der Waals surface area contributed by atoms with E-state index in [4.69, 9.17) is 21.9 Å². The number of thiazole rings is 1. The monoisotopic (exact) mass is 272 g/mol. The third kappa shape index (κ3) is 2.65. The highest BCUT2D eigenvalue weighted by Crippen LogP contribution is 2.27. The lowest BCUT2D eigenvalue weighted by Gasteiger charge is -2.10. The Morgan fingerprint density at radius 2 is 2.18 bits per heavy atom. The van der Waals surface area contributed by atoms with Gasteiger partial charge in [-0.25, -0.2) is 4.98 Å². The summed E-state index contributed by atoms with van der Waals surface area (Å²) in [5, 5.41) is 4.56. The molecule has 0 fully saturated rings. The van der Waals surface area contributed by atoms with Gasteiger partial charge in [-0.2, -0.15) is 4.98 Å². The second kappa shape index (κ2) is 4.36. The van der Waals surface area contributed by atoms with Crippen molar-refractivity contribution in [3.63, 3.8) is 0 Å². The molecule has 0 spiro atoms. The lowest BCUT2D eigenvalue weighted by atomic mass is 9.97. The maximum atomic E-state index is 5.99. The molecule has 2 aromatic rings. The minimum absolute atomic E-state index is 0.189. The molecule has 0 bridgehead atoms. The summed E-state index contributed by atoms with van der Waals surface area (Å²) in [7, 11) is 0. The smallest absolute Gasteiger partial charge is 0.232 e. The quantitative estimate of drug-likeness (QED) is 0.909. The number of halogens is 1. The van der Waals surface area contributed by atoms with Crippen molar-refractivity contribution in [2.75, 3.05) is 0 Å². The van der Waals surface area contributed by atoms with E-state index in [1.165, 1.54) is 11.3 Å². The van der Waals surface area contributed by atoms with E-state index < -0.39 is 6.04 Å². The molecule has 5 nitrogen and oxygen atoms in total. The van der Waals surface area contributed by atoms with Crippen molar-refractivity contribution in [1.29, 1.82) is 0 Å². The maximum Gasteiger partial charge on any atom is 0.232 e. The van der Waals surface area contributed by atoms with Crippen LogP contribution in [0.4, 0.5) is 0 Å². The van der Waals surface area contributed by atoms with Crippen molar-refractivity contribution >= 4 is 22.9 Å². The van der Waals surface area contributed by atoms with Crippen molar-refractivity contribution < 1.29 is 4.52 Å². The first-order valence-electron chi connectivity index (χ1n) is 5.09. The summed E-state index contributed by atoms with van der Waals surface area (Å²) in [5.41, 5.74) is 5.80. The molecule has 0 saturated carbocycles. The van der Waals surface area contributed by atoms with Crippen molar-refractivity contribution in [3.8, 4) is 0 Å². The molecule has 2 heterocycles. The van der Waals surface area contributed by atoms with Gasteiger partial charge in [0.1, 0.15) is 15.4 Å². The van der Waals surface area contributed by atoms with E-state index in [1.807, 2.05) is 20.8 Å². The standard InChI is InChI=1S/C10H13ClN4OS/c1-10(2,3)9-14-7(15-16-9)6(12)8-13-4-5(11)17-8/h4,6H,12H2,1-3H3. The molecule has 0 aliphatic carbocycles. The topological polar surface area (TPSA) is 77.8 Å².